The van der Waals surface area contributed by atoms with Gasteiger partial charge >= 0.3 is 0 Å². The van der Waals surface area contributed by atoms with E-state index in [1.165, 1.54) is 16.7 Å². The summed E-state index contributed by atoms with van der Waals surface area (Å²) >= 11 is 1.23. The van der Waals surface area contributed by atoms with Crippen LogP contribution in [0.25, 0.3) is 5.57 Å². The number of aliphatic hydroxyl groups excluding tert-OH is 1. The van der Waals surface area contributed by atoms with Gasteiger partial charge in [0.2, 0.25) is 0 Å². The van der Waals surface area contributed by atoms with E-state index in [0.717, 1.165) is 18.8 Å². The number of hydrogen-bond acceptors (Lipinski definition) is 7. The van der Waals surface area contributed by atoms with Crippen LogP contribution in [-0.4, -0.2) is 84.6 Å². The first-order valence-electron chi connectivity index (χ1n) is 9.92. The largest absolute Gasteiger partial charge is 0.491 e. The van der Waals surface area contributed by atoms with Crippen molar-refractivity contribution in [3.63, 3.8) is 0 Å². The second-order valence-corrected chi connectivity index (χ2v) is 8.29. The predicted molar refractivity (Wildman–Crippen MR) is 113 cm³/mol. The lowest BCUT2D eigenvalue weighted by Gasteiger charge is -2.28. The number of carbonyl (C=O) groups excluding carboxylic acids is 2. The SMILES string of the molecule is CC(C)Oc1ccc(C2=C(SCCO)C(=O)N(CCN3CCOCC3)C2=O)cc1. The van der Waals surface area contributed by atoms with Gasteiger partial charge in [0.1, 0.15) is 5.75 Å². The Morgan fingerprint density at radius 1 is 1.10 bits per heavy atom. The number of thioether (sulfide) groups is 1. The minimum atomic E-state index is -0.279. The summed E-state index contributed by atoms with van der Waals surface area (Å²) in [7, 11) is 0. The third-order valence-electron chi connectivity index (χ3n) is 4.72. The highest BCUT2D eigenvalue weighted by atomic mass is 32.2. The lowest BCUT2D eigenvalue weighted by molar-refractivity contribution is -0.136. The molecule has 2 aliphatic rings. The summed E-state index contributed by atoms with van der Waals surface area (Å²) < 4.78 is 11.0. The zero-order chi connectivity index (χ0) is 20.8. The molecule has 7 nitrogen and oxygen atoms in total. The molecule has 1 saturated heterocycles. The number of nitrogens with zero attached hydrogens (tertiary/aromatic N) is 2. The first-order chi connectivity index (χ1) is 14.0. The van der Waals surface area contributed by atoms with Crippen LogP contribution in [0.5, 0.6) is 5.75 Å². The van der Waals surface area contributed by atoms with Crippen LogP contribution in [0.1, 0.15) is 19.4 Å². The fourth-order valence-electron chi connectivity index (χ4n) is 3.33. The highest BCUT2D eigenvalue weighted by Gasteiger charge is 2.39. The molecule has 2 aliphatic heterocycles. The van der Waals surface area contributed by atoms with E-state index in [1.54, 1.807) is 0 Å². The van der Waals surface area contributed by atoms with Crippen LogP contribution < -0.4 is 4.74 Å². The Labute approximate surface area is 175 Å². The van der Waals surface area contributed by atoms with Crippen molar-refractivity contribution >= 4 is 29.1 Å². The van der Waals surface area contributed by atoms with Crippen LogP contribution >= 0.6 is 11.8 Å². The first-order valence-corrected chi connectivity index (χ1v) is 10.9. The van der Waals surface area contributed by atoms with Gasteiger partial charge < -0.3 is 14.6 Å². The molecule has 1 N–H and O–H groups in total. The molecule has 0 bridgehead atoms. The molecule has 1 aromatic carbocycles. The van der Waals surface area contributed by atoms with Crippen molar-refractivity contribution < 1.29 is 24.2 Å². The van der Waals surface area contributed by atoms with Gasteiger partial charge in [-0.3, -0.25) is 19.4 Å². The molecule has 0 aromatic heterocycles. The van der Waals surface area contributed by atoms with E-state index < -0.39 is 0 Å². The van der Waals surface area contributed by atoms with Crippen molar-refractivity contribution in [2.45, 2.75) is 20.0 Å². The molecule has 2 amide bonds. The van der Waals surface area contributed by atoms with Gasteiger partial charge in [0.25, 0.3) is 11.8 Å². The molecule has 1 aromatic rings. The lowest BCUT2D eigenvalue weighted by Crippen LogP contribution is -2.43. The van der Waals surface area contributed by atoms with Gasteiger partial charge in [0.15, 0.2) is 0 Å². The number of rotatable bonds is 9. The molecule has 0 radical (unpaired) electrons. The summed E-state index contributed by atoms with van der Waals surface area (Å²) in [5, 5.41) is 9.21. The Morgan fingerprint density at radius 3 is 2.41 bits per heavy atom. The Bertz CT molecular complexity index is 757. The number of morpholine rings is 1. The molecular formula is C21H28N2O5S. The lowest BCUT2D eigenvalue weighted by atomic mass is 10.1. The van der Waals surface area contributed by atoms with Crippen LogP contribution in [0.3, 0.4) is 0 Å². The van der Waals surface area contributed by atoms with Crippen molar-refractivity contribution in [1.29, 1.82) is 0 Å². The van der Waals surface area contributed by atoms with E-state index >= 15 is 0 Å². The molecule has 29 heavy (non-hydrogen) atoms. The normalized spacial score (nSPS) is 18.3. The maximum absolute atomic E-state index is 13.1. The molecule has 0 saturated carbocycles. The average Bonchev–Trinajstić information content (AvgIpc) is 2.95. The molecule has 1 fully saturated rings. The smallest absolute Gasteiger partial charge is 0.268 e. The summed E-state index contributed by atoms with van der Waals surface area (Å²) in [6, 6.07) is 7.24. The van der Waals surface area contributed by atoms with E-state index in [2.05, 4.69) is 4.90 Å². The topological polar surface area (TPSA) is 79.3 Å². The van der Waals surface area contributed by atoms with Crippen LogP contribution in [0, 0.1) is 0 Å². The monoisotopic (exact) mass is 420 g/mol. The standard InChI is InChI=1S/C21H28N2O5S/c1-15(2)28-17-5-3-16(4-6-17)18-19(29-14-11-24)21(26)23(20(18)25)8-7-22-9-12-27-13-10-22/h3-6,15,24H,7-14H2,1-2H3. The second-order valence-electron chi connectivity index (χ2n) is 7.18. The van der Waals surface area contributed by atoms with Gasteiger partial charge in [-0.05, 0) is 31.5 Å². The fraction of sp³-hybridized carbons (Fsp3) is 0.524. The highest BCUT2D eigenvalue weighted by molar-refractivity contribution is 8.04. The number of aliphatic hydroxyl groups is 1. The number of imide groups is 1. The number of carbonyl (C=O) groups is 2. The van der Waals surface area contributed by atoms with Crippen molar-refractivity contribution in [1.82, 2.24) is 9.80 Å². The number of benzene rings is 1. The highest BCUT2D eigenvalue weighted by Crippen LogP contribution is 2.36. The molecule has 8 heteroatoms. The van der Waals surface area contributed by atoms with E-state index in [-0.39, 0.29) is 24.5 Å². The Morgan fingerprint density at radius 2 is 1.79 bits per heavy atom. The summed E-state index contributed by atoms with van der Waals surface area (Å²) in [6.07, 6.45) is 0.0566. The molecule has 0 unspecified atom stereocenters. The van der Waals surface area contributed by atoms with E-state index in [4.69, 9.17) is 9.47 Å². The summed E-state index contributed by atoms with van der Waals surface area (Å²) in [4.78, 5) is 30.0. The molecule has 0 aliphatic carbocycles. The zero-order valence-electron chi connectivity index (χ0n) is 16.9. The maximum Gasteiger partial charge on any atom is 0.268 e. The molecular weight excluding hydrogens is 392 g/mol. The Kier molecular flexibility index (Phi) is 7.71. The summed E-state index contributed by atoms with van der Waals surface area (Å²) in [6.45, 7) is 7.78. The van der Waals surface area contributed by atoms with Gasteiger partial charge in [0.05, 0.1) is 36.4 Å². The van der Waals surface area contributed by atoms with Gasteiger partial charge in [-0.15, -0.1) is 11.8 Å². The number of ether oxygens (including phenoxy) is 2. The third-order valence-corrected chi connectivity index (χ3v) is 5.78. The molecule has 3 rings (SSSR count). The molecule has 2 heterocycles. The number of amides is 2. The Balaban J connectivity index is 1.78. The van der Waals surface area contributed by atoms with Crippen molar-refractivity contribution in [2.75, 3.05) is 51.8 Å². The molecule has 0 spiro atoms. The van der Waals surface area contributed by atoms with Crippen LogP contribution in [-0.2, 0) is 14.3 Å². The van der Waals surface area contributed by atoms with Gasteiger partial charge in [-0.2, -0.15) is 0 Å². The number of hydrogen-bond donors (Lipinski definition) is 1. The summed E-state index contributed by atoms with van der Waals surface area (Å²) in [5.74, 6) is 0.527. The fourth-order valence-corrected chi connectivity index (χ4v) is 4.21. The van der Waals surface area contributed by atoms with Gasteiger partial charge in [0, 0.05) is 31.9 Å². The third kappa shape index (κ3) is 5.39. The van der Waals surface area contributed by atoms with Crippen molar-refractivity contribution in [3.05, 3.63) is 34.7 Å². The summed E-state index contributed by atoms with van der Waals surface area (Å²) in [5.41, 5.74) is 1.10. The van der Waals surface area contributed by atoms with Gasteiger partial charge in [-0.1, -0.05) is 12.1 Å². The van der Waals surface area contributed by atoms with Crippen molar-refractivity contribution in [2.24, 2.45) is 0 Å². The van der Waals surface area contributed by atoms with Crippen molar-refractivity contribution in [3.8, 4) is 5.75 Å². The van der Waals surface area contributed by atoms with E-state index in [9.17, 15) is 14.7 Å². The van der Waals surface area contributed by atoms with E-state index in [1.807, 2.05) is 38.1 Å². The maximum atomic E-state index is 13.1. The van der Waals surface area contributed by atoms with E-state index in [0.29, 0.717) is 48.1 Å². The molecule has 0 atom stereocenters. The predicted octanol–water partition coefficient (Wildman–Crippen LogP) is 1.61. The average molecular weight is 421 g/mol. The quantitative estimate of drug-likeness (QED) is 0.608. The van der Waals surface area contributed by atoms with Crippen LogP contribution in [0.2, 0.25) is 0 Å². The minimum Gasteiger partial charge on any atom is -0.491 e. The first kappa shape index (κ1) is 21.8. The van der Waals surface area contributed by atoms with Crippen LogP contribution in [0.15, 0.2) is 29.2 Å². The van der Waals surface area contributed by atoms with Gasteiger partial charge in [-0.25, -0.2) is 0 Å². The zero-order valence-corrected chi connectivity index (χ0v) is 17.7. The molecule has 158 valence electrons. The minimum absolute atomic E-state index is 0.0566. The Hall–Kier alpha value is -1.87. The second kappa shape index (κ2) is 10.2. The van der Waals surface area contributed by atoms with Crippen LogP contribution in [0.4, 0.5) is 0 Å².